The number of rotatable bonds is 4. The largest absolute Gasteiger partial charge is 0.480 e. The van der Waals surface area contributed by atoms with Crippen molar-refractivity contribution < 1.29 is 19.4 Å². The van der Waals surface area contributed by atoms with Crippen LogP contribution in [0.5, 0.6) is 11.5 Å². The van der Waals surface area contributed by atoms with E-state index in [1.165, 1.54) is 0 Å². The topological polar surface area (TPSA) is 93.8 Å². The number of ether oxygens (including phenoxy) is 2. The summed E-state index contributed by atoms with van der Waals surface area (Å²) in [5.41, 5.74) is 6.37. The Balaban J connectivity index is 2.28. The van der Waals surface area contributed by atoms with Crippen LogP contribution >= 0.6 is 0 Å². The summed E-state index contributed by atoms with van der Waals surface area (Å²) in [5, 5.41) is 11.8. The zero-order chi connectivity index (χ0) is 12.4. The number of hydrogen-bond acceptors (Lipinski definition) is 5. The molecule has 4 N–H and O–H groups in total. The molecule has 1 heterocycles. The molecule has 92 valence electrons. The summed E-state index contributed by atoms with van der Waals surface area (Å²) in [5.74, 6) is 0.217. The van der Waals surface area contributed by atoms with Crippen LogP contribution in [0.1, 0.15) is 11.6 Å². The minimum atomic E-state index is -1.05. The van der Waals surface area contributed by atoms with Crippen molar-refractivity contribution in [3.8, 4) is 11.5 Å². The fourth-order valence-electron chi connectivity index (χ4n) is 1.80. The lowest BCUT2D eigenvalue weighted by molar-refractivity contribution is -0.139. The maximum absolute atomic E-state index is 10.9. The number of carbonyl (C=O) groups is 1. The first-order valence-corrected chi connectivity index (χ1v) is 5.18. The van der Waals surface area contributed by atoms with E-state index in [0.717, 1.165) is 5.56 Å². The Bertz CT molecular complexity index is 435. The van der Waals surface area contributed by atoms with Crippen molar-refractivity contribution in [2.75, 3.05) is 13.8 Å². The monoisotopic (exact) mass is 238 g/mol. The van der Waals surface area contributed by atoms with E-state index < -0.39 is 18.1 Å². The van der Waals surface area contributed by atoms with Gasteiger partial charge in [0.25, 0.3) is 0 Å². The van der Waals surface area contributed by atoms with Gasteiger partial charge in [-0.1, -0.05) is 6.07 Å². The molecular weight excluding hydrogens is 224 g/mol. The second kappa shape index (κ2) is 4.60. The maximum atomic E-state index is 10.9. The fraction of sp³-hybridized carbons (Fsp3) is 0.364. The number of fused-ring (bicyclic) bond motifs is 1. The number of nitrogens with one attached hydrogen (secondary N) is 1. The highest BCUT2D eigenvalue weighted by Gasteiger charge is 2.26. The molecule has 6 nitrogen and oxygen atoms in total. The lowest BCUT2D eigenvalue weighted by Crippen LogP contribution is -2.42. The Labute approximate surface area is 98.3 Å². The summed E-state index contributed by atoms with van der Waals surface area (Å²) in [6, 6.07) is 3.78. The van der Waals surface area contributed by atoms with E-state index in [-0.39, 0.29) is 6.79 Å². The van der Waals surface area contributed by atoms with E-state index in [1.54, 1.807) is 25.2 Å². The molecule has 1 aliphatic rings. The lowest BCUT2D eigenvalue weighted by atomic mass is 9.99. The van der Waals surface area contributed by atoms with E-state index in [2.05, 4.69) is 5.32 Å². The molecule has 1 aliphatic heterocycles. The van der Waals surface area contributed by atoms with E-state index in [4.69, 9.17) is 20.3 Å². The van der Waals surface area contributed by atoms with Gasteiger partial charge >= 0.3 is 5.97 Å². The average Bonchev–Trinajstić information content (AvgIpc) is 2.77. The summed E-state index contributed by atoms with van der Waals surface area (Å²) in [6.45, 7) is 0.188. The van der Waals surface area contributed by atoms with Crippen molar-refractivity contribution in [3.05, 3.63) is 23.8 Å². The number of carboxylic acid groups (broad SMARTS) is 1. The third kappa shape index (κ3) is 2.17. The number of benzene rings is 1. The standard InChI is InChI=1S/C11H14N2O4/c1-13-10(9(12)11(14)15)6-2-3-7-8(4-6)17-5-16-7/h2-4,9-10,13H,5,12H2,1H3,(H,14,15). The highest BCUT2D eigenvalue weighted by molar-refractivity contribution is 5.74. The number of likely N-dealkylation sites (N-methyl/N-ethyl adjacent to an activating group) is 1. The summed E-state index contributed by atoms with van der Waals surface area (Å²) < 4.78 is 10.4. The van der Waals surface area contributed by atoms with Crippen LogP contribution in [-0.4, -0.2) is 31.0 Å². The highest BCUT2D eigenvalue weighted by Crippen LogP contribution is 2.34. The molecule has 0 spiro atoms. The summed E-state index contributed by atoms with van der Waals surface area (Å²) in [6.07, 6.45) is 0. The molecule has 1 aromatic carbocycles. The first-order chi connectivity index (χ1) is 8.13. The van der Waals surface area contributed by atoms with E-state index in [0.29, 0.717) is 11.5 Å². The molecule has 0 bridgehead atoms. The molecule has 2 unspecified atom stereocenters. The smallest absolute Gasteiger partial charge is 0.322 e. The number of aliphatic carboxylic acids is 1. The van der Waals surface area contributed by atoms with Gasteiger partial charge in [-0.05, 0) is 24.7 Å². The quantitative estimate of drug-likeness (QED) is 0.688. The summed E-state index contributed by atoms with van der Waals surface area (Å²) in [7, 11) is 1.66. The minimum Gasteiger partial charge on any atom is -0.480 e. The van der Waals surface area contributed by atoms with Crippen LogP contribution in [0.4, 0.5) is 0 Å². The molecule has 0 fully saturated rings. The second-order valence-corrected chi connectivity index (χ2v) is 3.74. The van der Waals surface area contributed by atoms with Gasteiger partial charge in [-0.25, -0.2) is 0 Å². The Morgan fingerprint density at radius 1 is 1.47 bits per heavy atom. The average molecular weight is 238 g/mol. The third-order valence-electron chi connectivity index (χ3n) is 2.71. The SMILES string of the molecule is CNC(c1ccc2c(c1)OCO2)C(N)C(=O)O. The number of carboxylic acids is 1. The van der Waals surface area contributed by atoms with Crippen LogP contribution in [0, 0.1) is 0 Å². The summed E-state index contributed by atoms with van der Waals surface area (Å²) >= 11 is 0. The normalized spacial score (nSPS) is 16.6. The Kier molecular flexibility index (Phi) is 3.16. The van der Waals surface area contributed by atoms with E-state index in [1.807, 2.05) is 0 Å². The van der Waals surface area contributed by atoms with Gasteiger partial charge in [-0.15, -0.1) is 0 Å². The minimum absolute atomic E-state index is 0.188. The van der Waals surface area contributed by atoms with Gasteiger partial charge in [0, 0.05) is 0 Å². The molecule has 0 amide bonds. The molecule has 6 heteroatoms. The van der Waals surface area contributed by atoms with Crippen LogP contribution in [0.3, 0.4) is 0 Å². The molecule has 0 aliphatic carbocycles. The van der Waals surface area contributed by atoms with Crippen molar-refractivity contribution in [2.24, 2.45) is 5.73 Å². The van der Waals surface area contributed by atoms with Crippen LogP contribution in [-0.2, 0) is 4.79 Å². The van der Waals surface area contributed by atoms with Crippen molar-refractivity contribution >= 4 is 5.97 Å². The maximum Gasteiger partial charge on any atom is 0.322 e. The highest BCUT2D eigenvalue weighted by atomic mass is 16.7. The van der Waals surface area contributed by atoms with E-state index in [9.17, 15) is 4.79 Å². The van der Waals surface area contributed by atoms with Gasteiger partial charge in [0.05, 0.1) is 6.04 Å². The van der Waals surface area contributed by atoms with Crippen molar-refractivity contribution in [1.82, 2.24) is 5.32 Å². The Hall–Kier alpha value is -1.79. The summed E-state index contributed by atoms with van der Waals surface area (Å²) in [4.78, 5) is 10.9. The number of hydrogen-bond donors (Lipinski definition) is 3. The predicted octanol–water partition coefficient (Wildman–Crippen LogP) is 0.0877. The van der Waals surface area contributed by atoms with Crippen molar-refractivity contribution in [2.45, 2.75) is 12.1 Å². The van der Waals surface area contributed by atoms with Gasteiger partial charge in [-0.3, -0.25) is 4.79 Å². The van der Waals surface area contributed by atoms with Crippen molar-refractivity contribution in [1.29, 1.82) is 0 Å². The van der Waals surface area contributed by atoms with Gasteiger partial charge in [-0.2, -0.15) is 0 Å². The van der Waals surface area contributed by atoms with Gasteiger partial charge in [0.1, 0.15) is 6.04 Å². The first-order valence-electron chi connectivity index (χ1n) is 5.18. The van der Waals surface area contributed by atoms with Gasteiger partial charge in [0.2, 0.25) is 6.79 Å². The van der Waals surface area contributed by atoms with Gasteiger partial charge in [0.15, 0.2) is 11.5 Å². The van der Waals surface area contributed by atoms with Crippen LogP contribution in [0.2, 0.25) is 0 Å². The molecular formula is C11H14N2O4. The molecule has 1 aromatic rings. The zero-order valence-electron chi connectivity index (χ0n) is 9.34. The molecule has 0 aromatic heterocycles. The third-order valence-corrected chi connectivity index (χ3v) is 2.71. The number of nitrogens with two attached hydrogens (primary N) is 1. The zero-order valence-corrected chi connectivity index (χ0v) is 9.34. The molecule has 17 heavy (non-hydrogen) atoms. The molecule has 2 rings (SSSR count). The Morgan fingerprint density at radius 2 is 2.18 bits per heavy atom. The van der Waals surface area contributed by atoms with Crippen molar-refractivity contribution in [3.63, 3.8) is 0 Å². The molecule has 0 saturated heterocycles. The Morgan fingerprint density at radius 3 is 2.82 bits per heavy atom. The second-order valence-electron chi connectivity index (χ2n) is 3.74. The molecule has 2 atom stereocenters. The lowest BCUT2D eigenvalue weighted by Gasteiger charge is -2.20. The fourth-order valence-corrected chi connectivity index (χ4v) is 1.80. The molecule has 0 saturated carbocycles. The van der Waals surface area contributed by atoms with Crippen LogP contribution < -0.4 is 20.5 Å². The first kappa shape index (κ1) is 11.7. The predicted molar refractivity (Wildman–Crippen MR) is 60.0 cm³/mol. The molecule has 0 radical (unpaired) electrons. The van der Waals surface area contributed by atoms with E-state index >= 15 is 0 Å². The van der Waals surface area contributed by atoms with Crippen LogP contribution in [0.15, 0.2) is 18.2 Å². The van der Waals surface area contributed by atoms with Crippen LogP contribution in [0.25, 0.3) is 0 Å². The van der Waals surface area contributed by atoms with Gasteiger partial charge < -0.3 is 25.6 Å².